The number of nitrogens with zero attached hydrogens (tertiary/aromatic N) is 4. The van der Waals surface area contributed by atoms with Crippen molar-refractivity contribution in [1.82, 2.24) is 14.8 Å². The van der Waals surface area contributed by atoms with Crippen LogP contribution in [0.15, 0.2) is 29.0 Å². The average Bonchev–Trinajstić information content (AvgIpc) is 3.03. The molecule has 1 aliphatic heterocycles. The third kappa shape index (κ3) is 2.29. The van der Waals surface area contributed by atoms with Gasteiger partial charge in [0.2, 0.25) is 5.95 Å². The van der Waals surface area contributed by atoms with E-state index in [0.29, 0.717) is 18.3 Å². The van der Waals surface area contributed by atoms with Gasteiger partial charge in [0.1, 0.15) is 17.8 Å². The number of furan rings is 1. The SMILES string of the molecule is Cc1ccc(/C=C/C(=O)N2CCCn3ncnc32)o1. The second kappa shape index (κ2) is 4.72. The van der Waals surface area contributed by atoms with Gasteiger partial charge in [0.15, 0.2) is 0 Å². The van der Waals surface area contributed by atoms with Gasteiger partial charge >= 0.3 is 0 Å². The molecule has 0 radical (unpaired) electrons. The van der Waals surface area contributed by atoms with E-state index in [0.717, 1.165) is 18.7 Å². The number of hydrogen-bond donors (Lipinski definition) is 0. The van der Waals surface area contributed by atoms with Crippen LogP contribution in [0, 0.1) is 6.92 Å². The van der Waals surface area contributed by atoms with Gasteiger partial charge in [-0.15, -0.1) is 0 Å². The van der Waals surface area contributed by atoms with Crippen molar-refractivity contribution in [2.75, 3.05) is 11.4 Å². The Morgan fingerprint density at radius 3 is 3.11 bits per heavy atom. The first kappa shape index (κ1) is 11.7. The highest BCUT2D eigenvalue weighted by Crippen LogP contribution is 2.17. The molecule has 2 aromatic rings. The number of rotatable bonds is 2. The summed E-state index contributed by atoms with van der Waals surface area (Å²) in [4.78, 5) is 17.9. The summed E-state index contributed by atoms with van der Waals surface area (Å²) in [6.07, 6.45) is 5.53. The largest absolute Gasteiger partial charge is 0.462 e. The number of carbonyl (C=O) groups is 1. The van der Waals surface area contributed by atoms with Gasteiger partial charge in [-0.2, -0.15) is 10.1 Å². The minimum absolute atomic E-state index is 0.108. The number of aromatic nitrogens is 3. The topological polar surface area (TPSA) is 64.2 Å². The smallest absolute Gasteiger partial charge is 0.253 e. The average molecular weight is 258 g/mol. The molecule has 0 N–H and O–H groups in total. The zero-order chi connectivity index (χ0) is 13.2. The van der Waals surface area contributed by atoms with Gasteiger partial charge in [0.25, 0.3) is 5.91 Å². The third-order valence-electron chi connectivity index (χ3n) is 3.01. The molecule has 0 atom stereocenters. The van der Waals surface area contributed by atoms with Gasteiger partial charge in [-0.1, -0.05) is 0 Å². The predicted octanol–water partition coefficient (Wildman–Crippen LogP) is 1.63. The van der Waals surface area contributed by atoms with E-state index in [1.807, 2.05) is 19.1 Å². The summed E-state index contributed by atoms with van der Waals surface area (Å²) in [7, 11) is 0. The monoisotopic (exact) mass is 258 g/mol. The van der Waals surface area contributed by atoms with E-state index in [2.05, 4.69) is 10.1 Å². The van der Waals surface area contributed by atoms with Crippen molar-refractivity contribution in [2.24, 2.45) is 0 Å². The van der Waals surface area contributed by atoms with E-state index in [1.54, 1.807) is 15.7 Å². The molecule has 6 nitrogen and oxygen atoms in total. The molecule has 3 heterocycles. The quantitative estimate of drug-likeness (QED) is 0.768. The maximum Gasteiger partial charge on any atom is 0.253 e. The Hall–Kier alpha value is -2.37. The van der Waals surface area contributed by atoms with Crippen LogP contribution in [-0.2, 0) is 11.3 Å². The number of hydrogen-bond acceptors (Lipinski definition) is 4. The molecule has 0 bridgehead atoms. The fourth-order valence-corrected chi connectivity index (χ4v) is 2.10. The first-order valence-corrected chi connectivity index (χ1v) is 6.18. The van der Waals surface area contributed by atoms with Gasteiger partial charge in [-0.3, -0.25) is 9.69 Å². The van der Waals surface area contributed by atoms with Gasteiger partial charge in [0.05, 0.1) is 0 Å². The molecular formula is C13H14N4O2. The van der Waals surface area contributed by atoms with Crippen LogP contribution >= 0.6 is 0 Å². The van der Waals surface area contributed by atoms with Crippen molar-refractivity contribution in [3.8, 4) is 0 Å². The summed E-state index contributed by atoms with van der Waals surface area (Å²) in [6.45, 7) is 3.34. The van der Waals surface area contributed by atoms with Crippen molar-refractivity contribution >= 4 is 17.9 Å². The van der Waals surface area contributed by atoms with E-state index < -0.39 is 0 Å². The van der Waals surface area contributed by atoms with Crippen LogP contribution < -0.4 is 4.90 Å². The Morgan fingerprint density at radius 1 is 1.42 bits per heavy atom. The Bertz CT molecular complexity index is 626. The van der Waals surface area contributed by atoms with Crippen LogP contribution in [0.2, 0.25) is 0 Å². The number of amides is 1. The lowest BCUT2D eigenvalue weighted by Gasteiger charge is -2.24. The Labute approximate surface area is 110 Å². The molecule has 0 spiro atoms. The van der Waals surface area contributed by atoms with Crippen molar-refractivity contribution in [1.29, 1.82) is 0 Å². The molecule has 0 unspecified atom stereocenters. The summed E-state index contributed by atoms with van der Waals surface area (Å²) in [5, 5.41) is 4.08. The Morgan fingerprint density at radius 2 is 2.32 bits per heavy atom. The van der Waals surface area contributed by atoms with Gasteiger partial charge in [-0.05, 0) is 31.6 Å². The molecule has 3 rings (SSSR count). The molecule has 2 aromatic heterocycles. The molecule has 1 aliphatic rings. The summed E-state index contributed by atoms with van der Waals surface area (Å²) in [5.74, 6) is 1.99. The number of fused-ring (bicyclic) bond motifs is 1. The molecule has 98 valence electrons. The second-order valence-electron chi connectivity index (χ2n) is 4.41. The maximum absolute atomic E-state index is 12.2. The molecule has 0 fully saturated rings. The van der Waals surface area contributed by atoms with Crippen LogP contribution in [0.4, 0.5) is 5.95 Å². The zero-order valence-electron chi connectivity index (χ0n) is 10.6. The molecule has 6 heteroatoms. The lowest BCUT2D eigenvalue weighted by molar-refractivity contribution is -0.114. The highest BCUT2D eigenvalue weighted by molar-refractivity contribution is 6.02. The fraction of sp³-hybridized carbons (Fsp3) is 0.308. The highest BCUT2D eigenvalue weighted by Gasteiger charge is 2.22. The van der Waals surface area contributed by atoms with Gasteiger partial charge in [-0.25, -0.2) is 4.68 Å². The van der Waals surface area contributed by atoms with Crippen LogP contribution in [-0.4, -0.2) is 27.2 Å². The Balaban J connectivity index is 1.77. The van der Waals surface area contributed by atoms with E-state index in [9.17, 15) is 4.79 Å². The van der Waals surface area contributed by atoms with Crippen LogP contribution in [0.5, 0.6) is 0 Å². The molecule has 0 saturated carbocycles. The maximum atomic E-state index is 12.2. The normalized spacial score (nSPS) is 14.9. The second-order valence-corrected chi connectivity index (χ2v) is 4.41. The Kier molecular flexibility index (Phi) is 2.91. The van der Waals surface area contributed by atoms with Crippen molar-refractivity contribution in [3.05, 3.63) is 36.1 Å². The van der Waals surface area contributed by atoms with Crippen LogP contribution in [0.25, 0.3) is 6.08 Å². The predicted molar refractivity (Wildman–Crippen MR) is 69.5 cm³/mol. The molecular weight excluding hydrogens is 244 g/mol. The van der Waals surface area contributed by atoms with E-state index in [4.69, 9.17) is 4.42 Å². The minimum atomic E-state index is -0.108. The molecule has 0 saturated heterocycles. The standard InChI is InChI=1S/C13H14N4O2/c1-10-3-4-11(19-10)5-6-12(18)16-7-2-8-17-13(16)14-9-15-17/h3-6,9H,2,7-8H2,1H3/b6-5+. The molecule has 1 amide bonds. The van der Waals surface area contributed by atoms with Gasteiger partial charge < -0.3 is 4.42 Å². The van der Waals surface area contributed by atoms with E-state index in [-0.39, 0.29) is 5.91 Å². The number of carbonyl (C=O) groups excluding carboxylic acids is 1. The fourth-order valence-electron chi connectivity index (χ4n) is 2.10. The minimum Gasteiger partial charge on any atom is -0.462 e. The third-order valence-corrected chi connectivity index (χ3v) is 3.01. The van der Waals surface area contributed by atoms with Crippen LogP contribution in [0.1, 0.15) is 17.9 Å². The first-order valence-electron chi connectivity index (χ1n) is 6.18. The highest BCUT2D eigenvalue weighted by atomic mass is 16.3. The number of anilines is 1. The molecule has 19 heavy (non-hydrogen) atoms. The summed E-state index contributed by atoms with van der Waals surface area (Å²) in [5.41, 5.74) is 0. The van der Waals surface area contributed by atoms with Crippen molar-refractivity contribution < 1.29 is 9.21 Å². The summed E-state index contributed by atoms with van der Waals surface area (Å²) in [6, 6.07) is 3.69. The lowest BCUT2D eigenvalue weighted by Crippen LogP contribution is -2.37. The molecule has 0 aromatic carbocycles. The zero-order valence-corrected chi connectivity index (χ0v) is 10.6. The first-order chi connectivity index (χ1) is 9.24. The van der Waals surface area contributed by atoms with E-state index >= 15 is 0 Å². The lowest BCUT2D eigenvalue weighted by atomic mass is 10.3. The van der Waals surface area contributed by atoms with Crippen molar-refractivity contribution in [2.45, 2.75) is 19.9 Å². The molecule has 0 aliphatic carbocycles. The summed E-state index contributed by atoms with van der Waals surface area (Å²) >= 11 is 0. The van der Waals surface area contributed by atoms with Gasteiger partial charge in [0, 0.05) is 19.2 Å². The van der Waals surface area contributed by atoms with Crippen LogP contribution in [0.3, 0.4) is 0 Å². The van der Waals surface area contributed by atoms with E-state index in [1.165, 1.54) is 12.4 Å². The summed E-state index contributed by atoms with van der Waals surface area (Å²) < 4.78 is 7.13. The number of aryl methyl sites for hydroxylation is 2. The van der Waals surface area contributed by atoms with Crippen molar-refractivity contribution in [3.63, 3.8) is 0 Å².